The van der Waals surface area contributed by atoms with E-state index in [2.05, 4.69) is 6.92 Å². The number of hydrogen-bond donors (Lipinski definition) is 1. The Morgan fingerprint density at radius 2 is 2.09 bits per heavy atom. The lowest BCUT2D eigenvalue weighted by Gasteiger charge is -2.14. The van der Waals surface area contributed by atoms with Crippen LogP contribution in [0.25, 0.3) is 0 Å². The van der Waals surface area contributed by atoms with Crippen molar-refractivity contribution in [3.8, 4) is 0 Å². The molecule has 0 radical (unpaired) electrons. The first-order valence-corrected chi connectivity index (χ1v) is 4.49. The lowest BCUT2D eigenvalue weighted by Crippen LogP contribution is -2.14. The number of carbonyl (C=O) groups excluding carboxylic acids is 1. The predicted octanol–water partition coefficient (Wildman–Crippen LogP) is 1.15. The van der Waals surface area contributed by atoms with E-state index in [1.54, 1.807) is 0 Å². The third kappa shape index (κ3) is 1.05. The Balaban J connectivity index is 1.98. The van der Waals surface area contributed by atoms with Crippen LogP contribution < -0.4 is 5.73 Å². The molecule has 0 aromatic heterocycles. The van der Waals surface area contributed by atoms with Crippen molar-refractivity contribution in [3.63, 3.8) is 0 Å². The predicted molar refractivity (Wildman–Crippen MR) is 42.7 cm³/mol. The topological polar surface area (TPSA) is 43.1 Å². The van der Waals surface area contributed by atoms with E-state index in [4.69, 9.17) is 5.73 Å². The van der Waals surface area contributed by atoms with Crippen LogP contribution in [-0.2, 0) is 4.79 Å². The fourth-order valence-corrected chi connectivity index (χ4v) is 2.64. The second kappa shape index (κ2) is 2.23. The molecule has 4 unspecified atom stereocenters. The van der Waals surface area contributed by atoms with Gasteiger partial charge in [0.05, 0.1) is 0 Å². The van der Waals surface area contributed by atoms with Gasteiger partial charge in [-0.25, -0.2) is 0 Å². The van der Waals surface area contributed by atoms with E-state index in [1.165, 1.54) is 19.3 Å². The second-order valence-corrected chi connectivity index (χ2v) is 4.17. The monoisotopic (exact) mass is 153 g/mol. The number of amides is 1. The molecule has 2 aliphatic rings. The summed E-state index contributed by atoms with van der Waals surface area (Å²) in [4.78, 5) is 10.9. The summed E-state index contributed by atoms with van der Waals surface area (Å²) in [6, 6.07) is 0. The zero-order valence-corrected chi connectivity index (χ0v) is 6.92. The Morgan fingerprint density at radius 3 is 2.64 bits per heavy atom. The van der Waals surface area contributed by atoms with E-state index in [0.717, 1.165) is 5.92 Å². The van der Waals surface area contributed by atoms with Crippen LogP contribution in [0.5, 0.6) is 0 Å². The first-order chi connectivity index (χ1) is 5.20. The average molecular weight is 153 g/mol. The Morgan fingerprint density at radius 1 is 1.36 bits per heavy atom. The SMILES string of the molecule is CC1CCC2C(C1)C2C(N)=O. The maximum absolute atomic E-state index is 10.9. The maximum atomic E-state index is 10.9. The maximum Gasteiger partial charge on any atom is 0.221 e. The zero-order valence-electron chi connectivity index (χ0n) is 6.92. The highest BCUT2D eigenvalue weighted by molar-refractivity contribution is 5.80. The van der Waals surface area contributed by atoms with E-state index >= 15 is 0 Å². The van der Waals surface area contributed by atoms with Crippen LogP contribution in [0.3, 0.4) is 0 Å². The molecule has 11 heavy (non-hydrogen) atoms. The van der Waals surface area contributed by atoms with E-state index < -0.39 is 0 Å². The minimum atomic E-state index is -0.0610. The second-order valence-electron chi connectivity index (χ2n) is 4.17. The van der Waals surface area contributed by atoms with Gasteiger partial charge in [-0.15, -0.1) is 0 Å². The van der Waals surface area contributed by atoms with Crippen LogP contribution in [0.15, 0.2) is 0 Å². The van der Waals surface area contributed by atoms with Gasteiger partial charge in [0.25, 0.3) is 0 Å². The Bertz CT molecular complexity index is 190. The molecule has 2 N–H and O–H groups in total. The Hall–Kier alpha value is -0.530. The van der Waals surface area contributed by atoms with Crippen LogP contribution in [0.4, 0.5) is 0 Å². The number of rotatable bonds is 1. The highest BCUT2D eigenvalue weighted by atomic mass is 16.1. The molecule has 2 nitrogen and oxygen atoms in total. The highest BCUT2D eigenvalue weighted by Gasteiger charge is 2.55. The molecule has 2 saturated carbocycles. The zero-order chi connectivity index (χ0) is 8.01. The van der Waals surface area contributed by atoms with Crippen LogP contribution in [0, 0.1) is 23.7 Å². The number of hydrogen-bond acceptors (Lipinski definition) is 1. The summed E-state index contributed by atoms with van der Waals surface area (Å²) in [5, 5.41) is 0. The number of nitrogens with two attached hydrogens (primary N) is 1. The molecule has 2 fully saturated rings. The van der Waals surface area contributed by atoms with Gasteiger partial charge in [-0.2, -0.15) is 0 Å². The summed E-state index contributed by atoms with van der Waals surface area (Å²) >= 11 is 0. The van der Waals surface area contributed by atoms with Gasteiger partial charge in [-0.3, -0.25) is 4.79 Å². The van der Waals surface area contributed by atoms with Gasteiger partial charge in [-0.1, -0.05) is 13.3 Å². The highest BCUT2D eigenvalue weighted by Crippen LogP contribution is 2.56. The van der Waals surface area contributed by atoms with Crippen molar-refractivity contribution in [3.05, 3.63) is 0 Å². The molecule has 0 bridgehead atoms. The summed E-state index contributed by atoms with van der Waals surface area (Å²) in [6.45, 7) is 2.27. The Labute approximate surface area is 67.1 Å². The molecular formula is C9H15NO. The molecule has 0 spiro atoms. The normalized spacial score (nSPS) is 48.1. The van der Waals surface area contributed by atoms with Gasteiger partial charge >= 0.3 is 0 Å². The van der Waals surface area contributed by atoms with E-state index in [1.807, 2.05) is 0 Å². The van der Waals surface area contributed by atoms with Crippen molar-refractivity contribution in [2.24, 2.45) is 29.4 Å². The third-order valence-electron chi connectivity index (χ3n) is 3.33. The first-order valence-electron chi connectivity index (χ1n) is 4.49. The standard InChI is InChI=1S/C9H15NO/c1-5-2-3-6-7(4-5)8(6)9(10)11/h5-8H,2-4H2,1H3,(H2,10,11). The molecule has 0 heterocycles. The molecule has 0 saturated heterocycles. The summed E-state index contributed by atoms with van der Waals surface area (Å²) in [6.07, 6.45) is 3.77. The summed E-state index contributed by atoms with van der Waals surface area (Å²) in [5.41, 5.74) is 5.26. The van der Waals surface area contributed by atoms with Crippen molar-refractivity contribution >= 4 is 5.91 Å². The van der Waals surface area contributed by atoms with Gasteiger partial charge in [0.1, 0.15) is 0 Å². The van der Waals surface area contributed by atoms with Gasteiger partial charge in [0, 0.05) is 5.92 Å². The molecule has 2 rings (SSSR count). The van der Waals surface area contributed by atoms with Crippen molar-refractivity contribution in [2.45, 2.75) is 26.2 Å². The molecular weight excluding hydrogens is 138 g/mol. The van der Waals surface area contributed by atoms with E-state index in [9.17, 15) is 4.79 Å². The summed E-state index contributed by atoms with van der Waals surface area (Å²) in [7, 11) is 0. The molecule has 2 heteroatoms. The van der Waals surface area contributed by atoms with Crippen LogP contribution in [0.1, 0.15) is 26.2 Å². The van der Waals surface area contributed by atoms with Crippen LogP contribution in [0.2, 0.25) is 0 Å². The minimum Gasteiger partial charge on any atom is -0.369 e. The van der Waals surface area contributed by atoms with Gasteiger partial charge in [-0.05, 0) is 30.6 Å². The largest absolute Gasteiger partial charge is 0.369 e. The molecule has 2 aliphatic carbocycles. The molecule has 4 atom stereocenters. The van der Waals surface area contributed by atoms with Gasteiger partial charge in [0.15, 0.2) is 0 Å². The summed E-state index contributed by atoms with van der Waals surface area (Å²) in [5.74, 6) is 2.34. The van der Waals surface area contributed by atoms with Crippen molar-refractivity contribution < 1.29 is 4.79 Å². The lowest BCUT2D eigenvalue weighted by molar-refractivity contribution is -0.119. The van der Waals surface area contributed by atoms with E-state index in [-0.39, 0.29) is 11.8 Å². The number of fused-ring (bicyclic) bond motifs is 1. The fraction of sp³-hybridized carbons (Fsp3) is 0.889. The van der Waals surface area contributed by atoms with Crippen molar-refractivity contribution in [2.75, 3.05) is 0 Å². The molecule has 62 valence electrons. The van der Waals surface area contributed by atoms with Crippen LogP contribution >= 0.6 is 0 Å². The molecule has 0 aromatic carbocycles. The molecule has 1 amide bonds. The van der Waals surface area contributed by atoms with Crippen molar-refractivity contribution in [1.82, 2.24) is 0 Å². The third-order valence-corrected chi connectivity index (χ3v) is 3.33. The molecule has 0 aliphatic heterocycles. The minimum absolute atomic E-state index is 0.0610. The fourth-order valence-electron chi connectivity index (χ4n) is 2.64. The van der Waals surface area contributed by atoms with Gasteiger partial charge in [0.2, 0.25) is 5.91 Å². The van der Waals surface area contributed by atoms with E-state index in [0.29, 0.717) is 11.8 Å². The number of carbonyl (C=O) groups is 1. The smallest absolute Gasteiger partial charge is 0.221 e. The average Bonchev–Trinajstić information content (AvgIpc) is 2.60. The Kier molecular flexibility index (Phi) is 1.44. The number of primary amides is 1. The first kappa shape index (κ1) is 7.14. The molecule has 0 aromatic rings. The van der Waals surface area contributed by atoms with Crippen LogP contribution in [-0.4, -0.2) is 5.91 Å². The quantitative estimate of drug-likeness (QED) is 0.603. The van der Waals surface area contributed by atoms with Gasteiger partial charge < -0.3 is 5.73 Å². The summed E-state index contributed by atoms with van der Waals surface area (Å²) < 4.78 is 0. The van der Waals surface area contributed by atoms with Crippen molar-refractivity contribution in [1.29, 1.82) is 0 Å². The lowest BCUT2D eigenvalue weighted by atomic mass is 9.91.